The number of aryl methyl sites for hydroxylation is 1. The van der Waals surface area contributed by atoms with Crippen LogP contribution in [-0.4, -0.2) is 25.7 Å². The van der Waals surface area contributed by atoms with Gasteiger partial charge in [0, 0.05) is 16.7 Å². The van der Waals surface area contributed by atoms with Crippen LogP contribution < -0.4 is 0 Å². The Bertz CT molecular complexity index is 782. The maximum Gasteiger partial charge on any atom is 0.189 e. The molecule has 0 bridgehead atoms. The molecular weight excluding hydrogens is 264 g/mol. The quantitative estimate of drug-likeness (QED) is 0.722. The highest BCUT2D eigenvalue weighted by atomic mass is 32.2. The second-order valence-corrected chi connectivity index (χ2v) is 7.06. The van der Waals surface area contributed by atoms with E-state index >= 15 is 0 Å². The molecule has 0 spiro atoms. The molecule has 2 aliphatic rings. The van der Waals surface area contributed by atoms with E-state index < -0.39 is 9.84 Å². The van der Waals surface area contributed by atoms with Gasteiger partial charge in [0.2, 0.25) is 0 Å². The molecule has 0 fully saturated rings. The lowest BCUT2D eigenvalue weighted by molar-refractivity contribution is 0.0983. The van der Waals surface area contributed by atoms with Gasteiger partial charge in [-0.3, -0.25) is 9.59 Å². The van der Waals surface area contributed by atoms with E-state index in [-0.39, 0.29) is 22.2 Å². The molecule has 0 saturated carbocycles. The summed E-state index contributed by atoms with van der Waals surface area (Å²) in [7, 11) is -3.31. The molecule has 19 heavy (non-hydrogen) atoms. The Morgan fingerprint density at radius 1 is 1.16 bits per heavy atom. The van der Waals surface area contributed by atoms with Crippen LogP contribution in [0, 0.1) is 6.92 Å². The van der Waals surface area contributed by atoms with Gasteiger partial charge in [-0.15, -0.1) is 0 Å². The minimum atomic E-state index is -3.31. The summed E-state index contributed by atoms with van der Waals surface area (Å²) in [4.78, 5) is 24.5. The summed E-state index contributed by atoms with van der Waals surface area (Å²) >= 11 is 0. The van der Waals surface area contributed by atoms with Crippen LogP contribution in [0.2, 0.25) is 0 Å². The monoisotopic (exact) mass is 276 g/mol. The van der Waals surface area contributed by atoms with Crippen molar-refractivity contribution >= 4 is 21.4 Å². The summed E-state index contributed by atoms with van der Waals surface area (Å²) in [6, 6.07) is 1.53. The van der Waals surface area contributed by atoms with Gasteiger partial charge in [0.25, 0.3) is 0 Å². The van der Waals surface area contributed by atoms with E-state index in [9.17, 15) is 18.0 Å². The highest BCUT2D eigenvalue weighted by Gasteiger charge is 2.36. The summed E-state index contributed by atoms with van der Waals surface area (Å²) in [6.45, 7) is 3.25. The van der Waals surface area contributed by atoms with Gasteiger partial charge in [0.15, 0.2) is 21.4 Å². The van der Waals surface area contributed by atoms with Crippen molar-refractivity contribution in [1.82, 2.24) is 0 Å². The van der Waals surface area contributed by atoms with Gasteiger partial charge in [-0.2, -0.15) is 0 Å². The molecule has 0 radical (unpaired) electrons. The molecule has 3 rings (SSSR count). The number of rotatable bonds is 0. The van der Waals surface area contributed by atoms with Crippen molar-refractivity contribution < 1.29 is 18.0 Å². The Morgan fingerprint density at radius 3 is 2.53 bits per heavy atom. The minimum Gasteiger partial charge on any atom is -0.289 e. The number of Topliss-reactive ketones (excluding diaryl/α,β-unsaturated/α-hetero) is 1. The van der Waals surface area contributed by atoms with E-state index in [4.69, 9.17) is 0 Å². The Labute approximate surface area is 111 Å². The summed E-state index contributed by atoms with van der Waals surface area (Å²) in [5.74, 6) is -0.436. The third-order valence-electron chi connectivity index (χ3n) is 3.69. The first-order chi connectivity index (χ1) is 8.83. The third kappa shape index (κ3) is 1.54. The van der Waals surface area contributed by atoms with Gasteiger partial charge in [0.1, 0.15) is 0 Å². The fourth-order valence-electron chi connectivity index (χ4n) is 2.87. The maximum atomic E-state index is 12.2. The lowest BCUT2D eigenvalue weighted by Crippen LogP contribution is -2.19. The Hall–Kier alpha value is -1.75. The number of carbonyl (C=O) groups excluding carboxylic acids is 2. The van der Waals surface area contributed by atoms with E-state index in [0.29, 0.717) is 34.2 Å². The average molecular weight is 276 g/mol. The van der Waals surface area contributed by atoms with Crippen LogP contribution in [-0.2, 0) is 16.3 Å². The van der Waals surface area contributed by atoms with E-state index in [0.717, 1.165) is 0 Å². The predicted octanol–water partition coefficient (Wildman–Crippen LogP) is 1.65. The summed E-state index contributed by atoms with van der Waals surface area (Å²) in [6.07, 6.45) is 1.63. The third-order valence-corrected chi connectivity index (χ3v) is 5.63. The molecule has 0 saturated heterocycles. The second-order valence-electron chi connectivity index (χ2n) is 5.01. The number of carbonyl (C=O) groups is 2. The molecule has 0 aromatic heterocycles. The molecule has 5 heteroatoms. The minimum absolute atomic E-state index is 0.0177. The van der Waals surface area contributed by atoms with Crippen molar-refractivity contribution in [1.29, 1.82) is 0 Å². The zero-order chi connectivity index (χ0) is 13.9. The van der Waals surface area contributed by atoms with Crippen LogP contribution >= 0.6 is 0 Å². The zero-order valence-corrected chi connectivity index (χ0v) is 11.4. The zero-order valence-electron chi connectivity index (χ0n) is 10.6. The fourth-order valence-corrected chi connectivity index (χ4v) is 4.68. The first-order valence-electron chi connectivity index (χ1n) is 5.99. The Morgan fingerprint density at radius 2 is 1.84 bits per heavy atom. The highest BCUT2D eigenvalue weighted by molar-refractivity contribution is 7.91. The van der Waals surface area contributed by atoms with Crippen molar-refractivity contribution in [2.45, 2.75) is 25.2 Å². The number of hydrogen-bond acceptors (Lipinski definition) is 4. The molecule has 1 aliphatic heterocycles. The van der Waals surface area contributed by atoms with Gasteiger partial charge in [0.05, 0.1) is 10.6 Å². The topological polar surface area (TPSA) is 68.3 Å². The molecule has 1 aromatic carbocycles. The fraction of sp³-hybridized carbons (Fsp3) is 0.286. The van der Waals surface area contributed by atoms with Gasteiger partial charge < -0.3 is 0 Å². The number of hydrogen-bond donors (Lipinski definition) is 0. The highest BCUT2D eigenvalue weighted by Crippen LogP contribution is 2.36. The lowest BCUT2D eigenvalue weighted by atomic mass is 9.85. The normalized spacial score (nSPS) is 20.0. The van der Waals surface area contributed by atoms with Gasteiger partial charge in [-0.25, -0.2) is 8.42 Å². The van der Waals surface area contributed by atoms with Crippen LogP contribution in [0.1, 0.15) is 38.8 Å². The summed E-state index contributed by atoms with van der Waals surface area (Å²) < 4.78 is 24.0. The average Bonchev–Trinajstić information content (AvgIpc) is 2.63. The number of sulfone groups is 1. The van der Waals surface area contributed by atoms with Crippen LogP contribution in [0.15, 0.2) is 22.6 Å². The molecular formula is C14H12O4S. The van der Waals surface area contributed by atoms with Gasteiger partial charge in [-0.05, 0) is 43.5 Å². The molecule has 4 nitrogen and oxygen atoms in total. The maximum absolute atomic E-state index is 12.2. The molecule has 0 unspecified atom stereocenters. The van der Waals surface area contributed by atoms with Crippen LogP contribution in [0.5, 0.6) is 0 Å². The predicted molar refractivity (Wildman–Crippen MR) is 69.4 cm³/mol. The first kappa shape index (κ1) is 12.3. The number of benzene rings is 1. The van der Waals surface area contributed by atoms with Crippen molar-refractivity contribution in [2.24, 2.45) is 0 Å². The Balaban J connectivity index is 2.44. The summed E-state index contributed by atoms with van der Waals surface area (Å²) in [5, 5.41) is 0. The molecule has 1 heterocycles. The smallest absolute Gasteiger partial charge is 0.189 e. The van der Waals surface area contributed by atoms with Gasteiger partial charge in [-0.1, -0.05) is 0 Å². The largest absolute Gasteiger partial charge is 0.289 e. The van der Waals surface area contributed by atoms with E-state index in [2.05, 4.69) is 0 Å². The number of allylic oxidation sites excluding steroid dienone is 2. The molecule has 1 aromatic rings. The van der Waals surface area contributed by atoms with Crippen molar-refractivity contribution in [3.8, 4) is 0 Å². The van der Waals surface area contributed by atoms with Crippen LogP contribution in [0.25, 0.3) is 0 Å². The molecule has 1 aliphatic carbocycles. The molecule has 0 amide bonds. The number of ketones is 2. The molecule has 98 valence electrons. The molecule has 0 atom stereocenters. The van der Waals surface area contributed by atoms with E-state index in [1.54, 1.807) is 13.8 Å². The van der Waals surface area contributed by atoms with Crippen molar-refractivity contribution in [2.75, 3.05) is 5.75 Å². The van der Waals surface area contributed by atoms with Crippen molar-refractivity contribution in [3.05, 3.63) is 40.0 Å². The Kier molecular flexibility index (Phi) is 2.35. The van der Waals surface area contributed by atoms with Crippen molar-refractivity contribution in [3.63, 3.8) is 0 Å². The number of fused-ring (bicyclic) bond motifs is 3. The van der Waals surface area contributed by atoms with E-state index in [1.807, 2.05) is 0 Å². The standard InChI is InChI=1S/C14H12O4S/c1-7-6-11(15)10-5-8(2)14-9(12(10)13(7)16)3-4-19(14,17)18/h5-6H,3-4H2,1-2H3. The lowest BCUT2D eigenvalue weighted by Gasteiger charge is -2.17. The van der Waals surface area contributed by atoms with Crippen LogP contribution in [0.4, 0.5) is 0 Å². The summed E-state index contributed by atoms with van der Waals surface area (Å²) in [5.41, 5.74) is 2.09. The van der Waals surface area contributed by atoms with E-state index in [1.165, 1.54) is 12.1 Å². The second kappa shape index (κ2) is 3.63. The molecule has 0 N–H and O–H groups in total. The van der Waals surface area contributed by atoms with Crippen LogP contribution in [0.3, 0.4) is 0 Å². The SMILES string of the molecule is CC1=CC(=O)c2cc(C)c3c(c2C1=O)CCS3(=O)=O. The first-order valence-corrected chi connectivity index (χ1v) is 7.64. The van der Waals surface area contributed by atoms with Gasteiger partial charge >= 0.3 is 0 Å².